The average Bonchev–Trinajstić information content (AvgIpc) is 2.81. The van der Waals surface area contributed by atoms with Crippen LogP contribution in [0.2, 0.25) is 5.02 Å². The first-order valence-electron chi connectivity index (χ1n) is 10.6. The van der Waals surface area contributed by atoms with Crippen molar-refractivity contribution in [1.82, 2.24) is 4.31 Å². The maximum atomic E-state index is 12.9. The first-order chi connectivity index (χ1) is 15.6. The molecule has 0 aromatic heterocycles. The largest absolute Gasteiger partial charge is 0.495 e. The predicted molar refractivity (Wildman–Crippen MR) is 125 cm³/mol. The summed E-state index contributed by atoms with van der Waals surface area (Å²) in [7, 11) is -2.25. The summed E-state index contributed by atoms with van der Waals surface area (Å²) in [5.41, 5.74) is 1.18. The molecule has 178 valence electrons. The minimum atomic E-state index is -3.70. The highest BCUT2D eigenvalue weighted by Gasteiger charge is 2.27. The van der Waals surface area contributed by atoms with Crippen molar-refractivity contribution >= 4 is 39.2 Å². The molecular formula is C23H27ClN2O6S. The molecule has 8 nitrogen and oxygen atoms in total. The van der Waals surface area contributed by atoms with E-state index in [-0.39, 0.29) is 10.5 Å². The molecule has 1 atom stereocenters. The maximum Gasteiger partial charge on any atom is 0.338 e. The summed E-state index contributed by atoms with van der Waals surface area (Å²) >= 11 is 6.09. The Morgan fingerprint density at radius 3 is 2.48 bits per heavy atom. The number of carbonyl (C=O) groups excluding carboxylic acids is 2. The van der Waals surface area contributed by atoms with E-state index in [1.54, 1.807) is 19.1 Å². The molecule has 10 heteroatoms. The Morgan fingerprint density at radius 1 is 1.12 bits per heavy atom. The number of sulfonamides is 1. The Balaban J connectivity index is 1.70. The van der Waals surface area contributed by atoms with Gasteiger partial charge in [-0.25, -0.2) is 13.2 Å². The highest BCUT2D eigenvalue weighted by atomic mass is 35.5. The summed E-state index contributed by atoms with van der Waals surface area (Å²) in [6.07, 6.45) is 1.48. The first-order valence-corrected chi connectivity index (χ1v) is 12.4. The van der Waals surface area contributed by atoms with Gasteiger partial charge in [0, 0.05) is 24.2 Å². The van der Waals surface area contributed by atoms with Gasteiger partial charge in [0.15, 0.2) is 6.10 Å². The third kappa shape index (κ3) is 5.85. The number of methoxy groups -OCH3 is 1. The number of carbonyl (C=O) groups is 2. The Bertz CT molecular complexity index is 1150. The summed E-state index contributed by atoms with van der Waals surface area (Å²) in [4.78, 5) is 25.3. The molecular weight excluding hydrogens is 468 g/mol. The molecule has 0 saturated carbocycles. The lowest BCUT2D eigenvalue weighted by atomic mass is 10.2. The molecule has 1 saturated heterocycles. The minimum Gasteiger partial charge on any atom is -0.495 e. The second kappa shape index (κ2) is 10.5. The Kier molecular flexibility index (Phi) is 7.99. The van der Waals surface area contributed by atoms with E-state index in [2.05, 4.69) is 5.32 Å². The maximum absolute atomic E-state index is 12.9. The fraction of sp³-hybridized carbons (Fsp3) is 0.391. The second-order valence-corrected chi connectivity index (χ2v) is 10.2. The molecule has 3 rings (SSSR count). The molecule has 1 heterocycles. The van der Waals surface area contributed by atoms with Crippen LogP contribution in [0, 0.1) is 6.92 Å². The van der Waals surface area contributed by atoms with Crippen molar-refractivity contribution in [3.8, 4) is 5.75 Å². The van der Waals surface area contributed by atoms with Crippen molar-refractivity contribution in [2.45, 2.75) is 44.1 Å². The van der Waals surface area contributed by atoms with E-state index < -0.39 is 28.0 Å². The van der Waals surface area contributed by atoms with Crippen LogP contribution in [-0.2, 0) is 19.6 Å². The van der Waals surface area contributed by atoms with Gasteiger partial charge in [-0.3, -0.25) is 4.79 Å². The van der Waals surface area contributed by atoms with Crippen LogP contribution in [-0.4, -0.2) is 50.9 Å². The van der Waals surface area contributed by atoms with Crippen molar-refractivity contribution in [3.63, 3.8) is 0 Å². The lowest BCUT2D eigenvalue weighted by Gasteiger charge is -2.26. The van der Waals surface area contributed by atoms with E-state index in [4.69, 9.17) is 21.1 Å². The second-order valence-electron chi connectivity index (χ2n) is 7.83. The number of aryl methyl sites for hydroxylation is 1. The van der Waals surface area contributed by atoms with E-state index in [1.165, 1.54) is 42.6 Å². The van der Waals surface area contributed by atoms with Gasteiger partial charge in [-0.05, 0) is 56.5 Å². The van der Waals surface area contributed by atoms with Gasteiger partial charge in [0.05, 0.1) is 23.3 Å². The number of nitrogens with zero attached hydrogens (tertiary/aromatic N) is 1. The number of rotatable bonds is 7. The molecule has 1 aliphatic heterocycles. The Morgan fingerprint density at radius 2 is 1.82 bits per heavy atom. The normalized spacial score (nSPS) is 15.5. The van der Waals surface area contributed by atoms with E-state index in [0.717, 1.165) is 24.8 Å². The summed E-state index contributed by atoms with van der Waals surface area (Å²) in [5.74, 6) is -0.999. The zero-order chi connectivity index (χ0) is 24.2. The van der Waals surface area contributed by atoms with E-state index >= 15 is 0 Å². The van der Waals surface area contributed by atoms with Crippen LogP contribution in [0.5, 0.6) is 5.75 Å². The van der Waals surface area contributed by atoms with Crippen LogP contribution < -0.4 is 10.1 Å². The van der Waals surface area contributed by atoms with Crippen molar-refractivity contribution in [1.29, 1.82) is 0 Å². The van der Waals surface area contributed by atoms with Crippen molar-refractivity contribution < 1.29 is 27.5 Å². The lowest BCUT2D eigenvalue weighted by molar-refractivity contribution is -0.123. The molecule has 33 heavy (non-hydrogen) atoms. The molecule has 1 N–H and O–H groups in total. The summed E-state index contributed by atoms with van der Waals surface area (Å²) in [6, 6.07) is 8.90. The number of anilines is 1. The molecule has 0 aliphatic carbocycles. The van der Waals surface area contributed by atoms with Gasteiger partial charge in [-0.15, -0.1) is 0 Å². The van der Waals surface area contributed by atoms with Gasteiger partial charge >= 0.3 is 5.97 Å². The van der Waals surface area contributed by atoms with Gasteiger partial charge in [-0.2, -0.15) is 4.31 Å². The van der Waals surface area contributed by atoms with Crippen LogP contribution in [0.3, 0.4) is 0 Å². The standard InChI is InChI=1S/C23H27ClN2O6S/c1-15-12-20(21(31-3)14-19(15)24)25-22(27)16(2)32-23(28)17-8-7-9-18(13-17)33(29,30)26-10-5-4-6-11-26/h7-9,12-14,16H,4-6,10-11H2,1-3H3,(H,25,27)/t16-/m1/s1. The first kappa shape index (κ1) is 25.0. The molecule has 0 bridgehead atoms. The number of amides is 1. The van der Waals surface area contributed by atoms with Crippen LogP contribution in [0.1, 0.15) is 42.1 Å². The molecule has 1 fully saturated rings. The molecule has 0 spiro atoms. The number of nitrogens with one attached hydrogen (secondary N) is 1. The zero-order valence-corrected chi connectivity index (χ0v) is 20.3. The fourth-order valence-electron chi connectivity index (χ4n) is 3.48. The fourth-order valence-corrected chi connectivity index (χ4v) is 5.20. The van der Waals surface area contributed by atoms with Gasteiger partial charge in [0.2, 0.25) is 10.0 Å². The summed E-state index contributed by atoms with van der Waals surface area (Å²) in [6.45, 7) is 4.13. The number of benzene rings is 2. The highest BCUT2D eigenvalue weighted by Crippen LogP contribution is 2.31. The number of piperidine rings is 1. The number of hydrogen-bond acceptors (Lipinski definition) is 6. The Hall–Kier alpha value is -2.62. The minimum absolute atomic E-state index is 0.0253. The smallest absolute Gasteiger partial charge is 0.338 e. The van der Waals surface area contributed by atoms with Gasteiger partial charge in [-0.1, -0.05) is 24.1 Å². The van der Waals surface area contributed by atoms with Crippen LogP contribution in [0.4, 0.5) is 5.69 Å². The molecule has 2 aromatic carbocycles. The zero-order valence-electron chi connectivity index (χ0n) is 18.8. The topological polar surface area (TPSA) is 102 Å². The van der Waals surface area contributed by atoms with Gasteiger partial charge in [0.1, 0.15) is 5.75 Å². The van der Waals surface area contributed by atoms with Crippen molar-refractivity contribution in [3.05, 3.63) is 52.5 Å². The lowest BCUT2D eigenvalue weighted by Crippen LogP contribution is -2.35. The number of hydrogen-bond donors (Lipinski definition) is 1. The monoisotopic (exact) mass is 494 g/mol. The third-order valence-corrected chi connectivity index (χ3v) is 7.72. The molecule has 0 unspecified atom stereocenters. The molecule has 2 aromatic rings. The third-order valence-electron chi connectivity index (χ3n) is 5.41. The number of ether oxygens (including phenoxy) is 2. The number of esters is 1. The van der Waals surface area contributed by atoms with Crippen LogP contribution in [0.25, 0.3) is 0 Å². The Labute approximate surface area is 198 Å². The SMILES string of the molecule is COc1cc(Cl)c(C)cc1NC(=O)[C@@H](C)OC(=O)c1cccc(S(=O)(=O)N2CCCCC2)c1. The van der Waals surface area contributed by atoms with E-state index in [1.807, 2.05) is 0 Å². The van der Waals surface area contributed by atoms with E-state index in [9.17, 15) is 18.0 Å². The predicted octanol–water partition coefficient (Wildman–Crippen LogP) is 4.02. The number of halogens is 1. The average molecular weight is 495 g/mol. The highest BCUT2D eigenvalue weighted by molar-refractivity contribution is 7.89. The molecule has 1 aliphatic rings. The van der Waals surface area contributed by atoms with Crippen molar-refractivity contribution in [2.24, 2.45) is 0 Å². The van der Waals surface area contributed by atoms with Gasteiger partial charge in [0.25, 0.3) is 5.91 Å². The van der Waals surface area contributed by atoms with E-state index in [0.29, 0.717) is 29.5 Å². The quantitative estimate of drug-likeness (QED) is 0.583. The summed E-state index contributed by atoms with van der Waals surface area (Å²) < 4.78 is 37.7. The van der Waals surface area contributed by atoms with Crippen molar-refractivity contribution in [2.75, 3.05) is 25.5 Å². The summed E-state index contributed by atoms with van der Waals surface area (Å²) in [5, 5.41) is 3.15. The van der Waals surface area contributed by atoms with Gasteiger partial charge < -0.3 is 14.8 Å². The van der Waals surface area contributed by atoms with Crippen LogP contribution in [0.15, 0.2) is 41.3 Å². The molecule has 1 amide bonds. The van der Waals surface area contributed by atoms with Crippen LogP contribution >= 0.6 is 11.6 Å². The molecule has 0 radical (unpaired) electrons.